The van der Waals surface area contributed by atoms with E-state index in [0.29, 0.717) is 5.92 Å². The van der Waals surface area contributed by atoms with Crippen LogP contribution in [-0.2, 0) is 4.74 Å². The molecule has 0 spiro atoms. The van der Waals surface area contributed by atoms with Crippen LogP contribution in [-0.4, -0.2) is 34.8 Å². The topological polar surface area (TPSA) is 81.3 Å². The second-order valence-corrected chi connectivity index (χ2v) is 6.34. The molecular formula is C14H21ClN4O2. The van der Waals surface area contributed by atoms with E-state index in [4.69, 9.17) is 22.1 Å². The standard InChI is InChI=1S/C14H21ClN4O2/c1-14(2,21-13(16)20)9-10-4-7-19(8-5-10)11-3-6-17-12(15)18-11/h3,6,10H,4-5,7-9H2,1-2H3,(H2,16,20). The number of aromatic nitrogens is 2. The number of nitrogens with zero attached hydrogens (tertiary/aromatic N) is 3. The molecule has 1 aliphatic heterocycles. The van der Waals surface area contributed by atoms with Gasteiger partial charge in [0.2, 0.25) is 5.28 Å². The minimum absolute atomic E-state index is 0.269. The molecule has 7 heteroatoms. The smallest absolute Gasteiger partial charge is 0.405 e. The van der Waals surface area contributed by atoms with E-state index < -0.39 is 11.7 Å². The number of carbonyl (C=O) groups is 1. The summed E-state index contributed by atoms with van der Waals surface area (Å²) in [7, 11) is 0. The molecule has 1 aliphatic rings. The van der Waals surface area contributed by atoms with Gasteiger partial charge in [-0.2, -0.15) is 0 Å². The molecule has 0 aliphatic carbocycles. The van der Waals surface area contributed by atoms with Crippen LogP contribution < -0.4 is 10.6 Å². The quantitative estimate of drug-likeness (QED) is 0.864. The van der Waals surface area contributed by atoms with Gasteiger partial charge in [0.25, 0.3) is 0 Å². The van der Waals surface area contributed by atoms with Gasteiger partial charge in [0, 0.05) is 19.3 Å². The van der Waals surface area contributed by atoms with Gasteiger partial charge in [0.05, 0.1) is 0 Å². The summed E-state index contributed by atoms with van der Waals surface area (Å²) in [5.74, 6) is 1.37. The van der Waals surface area contributed by atoms with E-state index in [1.54, 1.807) is 6.20 Å². The molecule has 2 heterocycles. The average Bonchev–Trinajstić information content (AvgIpc) is 2.37. The van der Waals surface area contributed by atoms with Gasteiger partial charge >= 0.3 is 6.09 Å². The SMILES string of the molecule is CC(C)(CC1CCN(c2ccnc(Cl)n2)CC1)OC(N)=O. The van der Waals surface area contributed by atoms with Crippen molar-refractivity contribution in [3.8, 4) is 0 Å². The summed E-state index contributed by atoms with van der Waals surface area (Å²) in [6.07, 6.45) is 3.81. The first-order valence-corrected chi connectivity index (χ1v) is 7.45. The summed E-state index contributed by atoms with van der Waals surface area (Å²) in [4.78, 5) is 21.2. The molecule has 1 amide bonds. The molecule has 2 rings (SSSR count). The Bertz CT molecular complexity index is 502. The van der Waals surface area contributed by atoms with E-state index in [2.05, 4.69) is 14.9 Å². The maximum absolute atomic E-state index is 10.9. The molecule has 1 saturated heterocycles. The molecule has 1 fully saturated rings. The van der Waals surface area contributed by atoms with Crippen LogP contribution in [0.2, 0.25) is 5.28 Å². The lowest BCUT2D eigenvalue weighted by molar-refractivity contribution is 0.0236. The molecule has 1 aromatic heterocycles. The van der Waals surface area contributed by atoms with Crippen LogP contribution in [0.3, 0.4) is 0 Å². The van der Waals surface area contributed by atoms with Crippen molar-refractivity contribution in [3.05, 3.63) is 17.5 Å². The lowest BCUT2D eigenvalue weighted by Gasteiger charge is -2.36. The fourth-order valence-electron chi connectivity index (χ4n) is 2.88. The number of rotatable bonds is 4. The largest absolute Gasteiger partial charge is 0.444 e. The van der Waals surface area contributed by atoms with Gasteiger partial charge in [0.1, 0.15) is 11.4 Å². The molecule has 0 unspecified atom stereocenters. The van der Waals surface area contributed by atoms with E-state index in [-0.39, 0.29) is 5.28 Å². The van der Waals surface area contributed by atoms with Gasteiger partial charge in [-0.25, -0.2) is 14.8 Å². The monoisotopic (exact) mass is 312 g/mol. The zero-order valence-electron chi connectivity index (χ0n) is 12.4. The summed E-state index contributed by atoms with van der Waals surface area (Å²) in [5, 5.41) is 0.269. The Morgan fingerprint density at radius 2 is 2.19 bits per heavy atom. The third kappa shape index (κ3) is 4.74. The molecule has 0 radical (unpaired) electrons. The number of anilines is 1. The minimum Gasteiger partial charge on any atom is -0.444 e. The Hall–Kier alpha value is -1.56. The molecule has 0 bridgehead atoms. The van der Waals surface area contributed by atoms with E-state index in [0.717, 1.165) is 38.2 Å². The normalized spacial score (nSPS) is 16.8. The van der Waals surface area contributed by atoms with Crippen molar-refractivity contribution in [2.75, 3.05) is 18.0 Å². The molecule has 0 aromatic carbocycles. The second-order valence-electron chi connectivity index (χ2n) is 6.00. The highest BCUT2D eigenvalue weighted by molar-refractivity contribution is 6.28. The van der Waals surface area contributed by atoms with Gasteiger partial charge in [-0.1, -0.05) is 0 Å². The van der Waals surface area contributed by atoms with Crippen LogP contribution in [0.4, 0.5) is 10.6 Å². The Morgan fingerprint density at radius 1 is 1.52 bits per heavy atom. The van der Waals surface area contributed by atoms with Crippen molar-refractivity contribution in [2.24, 2.45) is 11.7 Å². The molecule has 116 valence electrons. The van der Waals surface area contributed by atoms with E-state index in [9.17, 15) is 4.79 Å². The molecule has 2 N–H and O–H groups in total. The third-order valence-electron chi connectivity index (χ3n) is 3.71. The number of hydrogen-bond acceptors (Lipinski definition) is 5. The van der Waals surface area contributed by atoms with E-state index in [1.165, 1.54) is 0 Å². The van der Waals surface area contributed by atoms with Crippen LogP contribution in [0.5, 0.6) is 0 Å². The molecule has 0 saturated carbocycles. The summed E-state index contributed by atoms with van der Waals surface area (Å²) in [5.41, 5.74) is 4.58. The number of hydrogen-bond donors (Lipinski definition) is 1. The number of carbonyl (C=O) groups excluding carboxylic acids is 1. The number of primary amides is 1. The Balaban J connectivity index is 1.87. The average molecular weight is 313 g/mol. The molecule has 1 aromatic rings. The van der Waals surface area contributed by atoms with Gasteiger partial charge in [0.15, 0.2) is 0 Å². The van der Waals surface area contributed by atoms with Crippen LogP contribution >= 0.6 is 11.6 Å². The Labute approximate surface area is 129 Å². The lowest BCUT2D eigenvalue weighted by atomic mass is 9.86. The highest BCUT2D eigenvalue weighted by Gasteiger charge is 2.29. The summed E-state index contributed by atoms with van der Waals surface area (Å²) >= 11 is 5.82. The minimum atomic E-state index is -0.715. The van der Waals surface area contributed by atoms with Crippen molar-refractivity contribution in [1.29, 1.82) is 0 Å². The number of nitrogens with two attached hydrogens (primary N) is 1. The first-order valence-electron chi connectivity index (χ1n) is 7.08. The van der Waals surface area contributed by atoms with Crippen LogP contribution in [0, 0.1) is 5.92 Å². The molecule has 21 heavy (non-hydrogen) atoms. The number of piperidine rings is 1. The first kappa shape index (κ1) is 15.8. The van der Waals surface area contributed by atoms with Crippen LogP contribution in [0.25, 0.3) is 0 Å². The lowest BCUT2D eigenvalue weighted by Crippen LogP contribution is -2.39. The summed E-state index contributed by atoms with van der Waals surface area (Å²) < 4.78 is 5.15. The zero-order valence-corrected chi connectivity index (χ0v) is 13.1. The van der Waals surface area contributed by atoms with Gasteiger partial charge in [-0.05, 0) is 56.7 Å². The molecule has 6 nitrogen and oxygen atoms in total. The Morgan fingerprint density at radius 3 is 2.76 bits per heavy atom. The van der Waals surface area contributed by atoms with Crippen molar-refractivity contribution in [3.63, 3.8) is 0 Å². The second kappa shape index (κ2) is 6.47. The van der Waals surface area contributed by atoms with Crippen molar-refractivity contribution < 1.29 is 9.53 Å². The highest BCUT2D eigenvalue weighted by atomic mass is 35.5. The maximum Gasteiger partial charge on any atom is 0.405 e. The summed E-state index contributed by atoms with van der Waals surface area (Å²) in [6.45, 7) is 5.61. The number of amides is 1. The van der Waals surface area contributed by atoms with Crippen LogP contribution in [0.1, 0.15) is 33.1 Å². The number of ether oxygens (including phenoxy) is 1. The van der Waals surface area contributed by atoms with Crippen molar-refractivity contribution in [2.45, 2.75) is 38.7 Å². The van der Waals surface area contributed by atoms with Crippen molar-refractivity contribution >= 4 is 23.5 Å². The summed E-state index contributed by atoms with van der Waals surface area (Å²) in [6, 6.07) is 1.87. The first-order chi connectivity index (χ1) is 9.85. The zero-order chi connectivity index (χ0) is 15.5. The molecule has 0 atom stereocenters. The highest BCUT2D eigenvalue weighted by Crippen LogP contribution is 2.30. The maximum atomic E-state index is 10.9. The van der Waals surface area contributed by atoms with Crippen molar-refractivity contribution in [1.82, 2.24) is 9.97 Å². The van der Waals surface area contributed by atoms with Gasteiger partial charge in [-0.3, -0.25) is 0 Å². The van der Waals surface area contributed by atoms with E-state index >= 15 is 0 Å². The predicted octanol–water partition coefficient (Wildman–Crippen LogP) is 2.61. The van der Waals surface area contributed by atoms with E-state index in [1.807, 2.05) is 19.9 Å². The Kier molecular flexibility index (Phi) is 4.88. The fourth-order valence-corrected chi connectivity index (χ4v) is 3.02. The van der Waals surface area contributed by atoms with Gasteiger partial charge < -0.3 is 15.4 Å². The number of halogens is 1. The fraction of sp³-hybridized carbons (Fsp3) is 0.643. The third-order valence-corrected chi connectivity index (χ3v) is 3.89. The van der Waals surface area contributed by atoms with Crippen LogP contribution in [0.15, 0.2) is 12.3 Å². The molecular weight excluding hydrogens is 292 g/mol. The van der Waals surface area contributed by atoms with Gasteiger partial charge in [-0.15, -0.1) is 0 Å². The predicted molar refractivity (Wildman–Crippen MR) is 81.3 cm³/mol.